The molecule has 1 amide bonds. The van der Waals surface area contributed by atoms with Crippen molar-refractivity contribution < 1.29 is 13.9 Å². The number of rotatable bonds is 4. The predicted octanol–water partition coefficient (Wildman–Crippen LogP) is 5.42. The van der Waals surface area contributed by atoms with Gasteiger partial charge in [-0.3, -0.25) is 4.79 Å². The summed E-state index contributed by atoms with van der Waals surface area (Å²) in [4.78, 5) is 29.2. The Morgan fingerprint density at radius 1 is 1.07 bits per heavy atom. The third-order valence-electron chi connectivity index (χ3n) is 4.38. The molecule has 1 heterocycles. The van der Waals surface area contributed by atoms with Gasteiger partial charge in [0, 0.05) is 16.3 Å². The van der Waals surface area contributed by atoms with E-state index < -0.39 is 11.5 Å². The van der Waals surface area contributed by atoms with Gasteiger partial charge in [0.15, 0.2) is 0 Å². The highest BCUT2D eigenvalue weighted by atomic mass is 35.5. The summed E-state index contributed by atoms with van der Waals surface area (Å²) in [5.41, 5.74) is 1.41. The Morgan fingerprint density at radius 2 is 1.80 bits per heavy atom. The third kappa shape index (κ3) is 3.87. The van der Waals surface area contributed by atoms with E-state index in [0.29, 0.717) is 27.2 Å². The molecule has 0 aliphatic rings. The molecule has 6 nitrogen and oxygen atoms in total. The Kier molecular flexibility index (Phi) is 5.44. The average molecular weight is 441 g/mol. The number of carbonyl (C=O) groups excluding carboxylic acids is 1. The van der Waals surface area contributed by atoms with E-state index in [1.807, 2.05) is 0 Å². The molecule has 0 saturated heterocycles. The summed E-state index contributed by atoms with van der Waals surface area (Å²) in [6.45, 7) is 0. The lowest BCUT2D eigenvalue weighted by Gasteiger charge is -2.11. The SMILES string of the molecule is COc1c(Cl)cc(Cl)cc1C(=O)Nc1ccc(-c2nc3ccccc3c(=O)o2)cc1. The van der Waals surface area contributed by atoms with Crippen molar-refractivity contribution in [1.29, 1.82) is 0 Å². The minimum Gasteiger partial charge on any atom is -0.494 e. The zero-order valence-corrected chi connectivity index (χ0v) is 17.1. The van der Waals surface area contributed by atoms with E-state index in [4.69, 9.17) is 32.4 Å². The van der Waals surface area contributed by atoms with E-state index in [9.17, 15) is 9.59 Å². The van der Waals surface area contributed by atoms with Gasteiger partial charge in [0.25, 0.3) is 5.91 Å². The van der Waals surface area contributed by atoms with Crippen LogP contribution in [0.25, 0.3) is 22.4 Å². The Bertz CT molecular complexity index is 1320. The molecule has 0 fully saturated rings. The Morgan fingerprint density at radius 3 is 2.53 bits per heavy atom. The van der Waals surface area contributed by atoms with Crippen LogP contribution in [-0.4, -0.2) is 18.0 Å². The first kappa shape index (κ1) is 19.9. The Hall–Kier alpha value is -3.35. The highest BCUT2D eigenvalue weighted by molar-refractivity contribution is 6.36. The number of anilines is 1. The molecule has 0 bridgehead atoms. The number of fused-ring (bicyclic) bond motifs is 1. The highest BCUT2D eigenvalue weighted by Gasteiger charge is 2.17. The molecule has 30 heavy (non-hydrogen) atoms. The molecule has 3 aromatic carbocycles. The summed E-state index contributed by atoms with van der Waals surface area (Å²) in [5.74, 6) is -0.00319. The second-order valence-electron chi connectivity index (χ2n) is 6.32. The van der Waals surface area contributed by atoms with Gasteiger partial charge >= 0.3 is 5.63 Å². The fraction of sp³-hybridized carbons (Fsp3) is 0.0455. The molecule has 0 unspecified atom stereocenters. The van der Waals surface area contributed by atoms with Crippen LogP contribution in [-0.2, 0) is 0 Å². The molecule has 150 valence electrons. The number of amides is 1. The molecule has 4 rings (SSSR count). The topological polar surface area (TPSA) is 81.4 Å². The van der Waals surface area contributed by atoms with Crippen LogP contribution >= 0.6 is 23.2 Å². The van der Waals surface area contributed by atoms with Crippen LogP contribution in [0.3, 0.4) is 0 Å². The van der Waals surface area contributed by atoms with Gasteiger partial charge in [-0.05, 0) is 48.5 Å². The van der Waals surface area contributed by atoms with Crippen molar-refractivity contribution in [3.63, 3.8) is 0 Å². The Balaban J connectivity index is 1.61. The molecule has 0 spiro atoms. The number of ether oxygens (including phenoxy) is 1. The smallest absolute Gasteiger partial charge is 0.347 e. The van der Waals surface area contributed by atoms with Gasteiger partial charge in [0.2, 0.25) is 5.89 Å². The van der Waals surface area contributed by atoms with Gasteiger partial charge in [-0.2, -0.15) is 0 Å². The van der Waals surface area contributed by atoms with Gasteiger partial charge < -0.3 is 14.5 Å². The zero-order chi connectivity index (χ0) is 21.3. The average Bonchev–Trinajstić information content (AvgIpc) is 2.73. The lowest BCUT2D eigenvalue weighted by Crippen LogP contribution is -2.13. The molecular formula is C22H14Cl2N2O4. The van der Waals surface area contributed by atoms with Crippen molar-refractivity contribution in [3.8, 4) is 17.2 Å². The minimum atomic E-state index is -0.460. The monoisotopic (exact) mass is 440 g/mol. The van der Waals surface area contributed by atoms with Crippen LogP contribution < -0.4 is 15.7 Å². The third-order valence-corrected chi connectivity index (χ3v) is 4.88. The maximum absolute atomic E-state index is 12.7. The summed E-state index contributed by atoms with van der Waals surface area (Å²) in [6, 6.07) is 16.6. The Labute approximate surface area is 181 Å². The first-order chi connectivity index (χ1) is 14.5. The van der Waals surface area contributed by atoms with Crippen LogP contribution in [0.15, 0.2) is 69.9 Å². The first-order valence-corrected chi connectivity index (χ1v) is 9.56. The second kappa shape index (κ2) is 8.18. The first-order valence-electron chi connectivity index (χ1n) is 8.81. The van der Waals surface area contributed by atoms with Gasteiger partial charge in [0.1, 0.15) is 5.75 Å². The normalized spacial score (nSPS) is 10.8. The number of para-hydroxylation sites is 1. The van der Waals surface area contributed by atoms with E-state index in [1.165, 1.54) is 19.2 Å². The van der Waals surface area contributed by atoms with E-state index in [1.54, 1.807) is 48.5 Å². The summed E-state index contributed by atoms with van der Waals surface area (Å²) in [7, 11) is 1.42. The standard InChI is InChI=1S/C22H14Cl2N2O4/c1-29-19-16(10-13(23)11-17(19)24)20(27)25-14-8-6-12(7-9-14)21-26-18-5-3-2-4-15(18)22(28)30-21/h2-11H,1H3,(H,25,27). The molecular weight excluding hydrogens is 427 g/mol. The fourth-order valence-corrected chi connectivity index (χ4v) is 3.54. The molecule has 0 atom stereocenters. The van der Waals surface area contributed by atoms with Crippen LogP contribution in [0.5, 0.6) is 5.75 Å². The summed E-state index contributed by atoms with van der Waals surface area (Å²) < 4.78 is 10.5. The van der Waals surface area contributed by atoms with Crippen LogP contribution in [0.2, 0.25) is 10.0 Å². The lowest BCUT2D eigenvalue weighted by atomic mass is 10.1. The van der Waals surface area contributed by atoms with E-state index in [-0.39, 0.29) is 22.2 Å². The lowest BCUT2D eigenvalue weighted by molar-refractivity contribution is 0.102. The number of nitrogens with zero attached hydrogens (tertiary/aromatic N) is 1. The van der Waals surface area contributed by atoms with Crippen molar-refractivity contribution in [1.82, 2.24) is 4.98 Å². The zero-order valence-electron chi connectivity index (χ0n) is 15.6. The van der Waals surface area contributed by atoms with Crippen LogP contribution in [0.4, 0.5) is 5.69 Å². The van der Waals surface area contributed by atoms with Crippen LogP contribution in [0, 0.1) is 0 Å². The van der Waals surface area contributed by atoms with E-state index in [2.05, 4.69) is 10.3 Å². The summed E-state index contributed by atoms with van der Waals surface area (Å²) in [5, 5.41) is 3.73. The second-order valence-corrected chi connectivity index (χ2v) is 7.17. The minimum absolute atomic E-state index is 0.194. The largest absolute Gasteiger partial charge is 0.494 e. The molecule has 4 aromatic rings. The number of benzene rings is 3. The van der Waals surface area contributed by atoms with E-state index in [0.717, 1.165) is 0 Å². The van der Waals surface area contributed by atoms with Crippen molar-refractivity contribution >= 4 is 45.7 Å². The number of hydrogen-bond acceptors (Lipinski definition) is 5. The van der Waals surface area contributed by atoms with Crippen molar-refractivity contribution in [2.24, 2.45) is 0 Å². The number of halogens is 2. The predicted molar refractivity (Wildman–Crippen MR) is 117 cm³/mol. The molecule has 8 heteroatoms. The van der Waals surface area contributed by atoms with Crippen LogP contribution in [0.1, 0.15) is 10.4 Å². The maximum Gasteiger partial charge on any atom is 0.347 e. The number of hydrogen-bond donors (Lipinski definition) is 1. The van der Waals surface area contributed by atoms with Crippen molar-refractivity contribution in [2.75, 3.05) is 12.4 Å². The molecule has 1 aromatic heterocycles. The number of nitrogens with one attached hydrogen (secondary N) is 1. The maximum atomic E-state index is 12.7. The molecule has 0 aliphatic carbocycles. The van der Waals surface area contributed by atoms with E-state index >= 15 is 0 Å². The van der Waals surface area contributed by atoms with Gasteiger partial charge in [-0.1, -0.05) is 35.3 Å². The van der Waals surface area contributed by atoms with Crippen molar-refractivity contribution in [2.45, 2.75) is 0 Å². The number of aromatic nitrogens is 1. The number of carbonyl (C=O) groups is 1. The highest BCUT2D eigenvalue weighted by Crippen LogP contribution is 2.32. The summed E-state index contributed by atoms with van der Waals surface area (Å²) in [6.07, 6.45) is 0. The summed E-state index contributed by atoms with van der Waals surface area (Å²) >= 11 is 12.1. The number of methoxy groups -OCH3 is 1. The fourth-order valence-electron chi connectivity index (χ4n) is 2.97. The van der Waals surface area contributed by atoms with Crippen molar-refractivity contribution in [3.05, 3.63) is 86.7 Å². The molecule has 0 saturated carbocycles. The molecule has 0 radical (unpaired) electrons. The van der Waals surface area contributed by atoms with Gasteiger partial charge in [-0.25, -0.2) is 9.78 Å². The van der Waals surface area contributed by atoms with Gasteiger partial charge in [-0.15, -0.1) is 0 Å². The molecule has 0 aliphatic heterocycles. The molecule has 1 N–H and O–H groups in total. The quantitative estimate of drug-likeness (QED) is 0.457. The van der Waals surface area contributed by atoms with Gasteiger partial charge in [0.05, 0.1) is 28.6 Å².